The minimum atomic E-state index is -3.08. The van der Waals surface area contributed by atoms with Gasteiger partial charge in [0.2, 0.25) is 5.91 Å². The molecule has 1 aromatic rings. The van der Waals surface area contributed by atoms with Gasteiger partial charge in [-0.1, -0.05) is 12.1 Å². The van der Waals surface area contributed by atoms with Crippen LogP contribution in [0.15, 0.2) is 24.3 Å². The van der Waals surface area contributed by atoms with Crippen LogP contribution in [0.1, 0.15) is 6.42 Å². The highest BCUT2D eigenvalue weighted by Crippen LogP contribution is 2.25. The second kappa shape index (κ2) is 9.36. The molecule has 0 heterocycles. The Morgan fingerprint density at radius 1 is 1.33 bits per heavy atom. The lowest BCUT2D eigenvalue weighted by Crippen LogP contribution is -2.41. The van der Waals surface area contributed by atoms with E-state index in [4.69, 9.17) is 15.2 Å². The Morgan fingerprint density at radius 2 is 1.95 bits per heavy atom. The highest BCUT2D eigenvalue weighted by molar-refractivity contribution is 5.85. The molecule has 0 aliphatic rings. The average Bonchev–Trinajstić information content (AvgIpc) is 2.46. The number of alkyl halides is 2. The Balaban J connectivity index is 0.00000400. The molecule has 0 atom stereocenters. The molecule has 0 aliphatic heterocycles. The third-order valence-corrected chi connectivity index (χ3v) is 2.50. The van der Waals surface area contributed by atoms with Crippen molar-refractivity contribution in [2.75, 3.05) is 26.8 Å². The van der Waals surface area contributed by atoms with E-state index in [0.29, 0.717) is 11.5 Å². The number of hydrogen-bond donors (Lipinski definition) is 2. The first-order valence-electron chi connectivity index (χ1n) is 6.09. The van der Waals surface area contributed by atoms with Gasteiger partial charge in [-0.3, -0.25) is 4.79 Å². The van der Waals surface area contributed by atoms with Crippen molar-refractivity contribution < 1.29 is 23.0 Å². The number of benzene rings is 1. The smallest absolute Gasteiger partial charge is 0.277 e. The summed E-state index contributed by atoms with van der Waals surface area (Å²) in [6.07, 6.45) is -0.0291. The Morgan fingerprint density at radius 3 is 2.52 bits per heavy atom. The van der Waals surface area contributed by atoms with Crippen LogP contribution in [0.5, 0.6) is 11.5 Å². The normalized spacial score (nSPS) is 10.5. The number of carbonyl (C=O) groups is 1. The molecule has 1 aromatic carbocycles. The van der Waals surface area contributed by atoms with E-state index in [1.54, 1.807) is 24.3 Å². The zero-order chi connectivity index (χ0) is 15.0. The van der Waals surface area contributed by atoms with Crippen molar-refractivity contribution in [2.24, 2.45) is 5.73 Å². The molecular weight excluding hydrogens is 306 g/mol. The first-order valence-corrected chi connectivity index (χ1v) is 6.09. The van der Waals surface area contributed by atoms with Gasteiger partial charge in [-0.15, -0.1) is 12.4 Å². The van der Waals surface area contributed by atoms with Crippen LogP contribution in [0.25, 0.3) is 0 Å². The molecule has 0 aromatic heterocycles. The predicted octanol–water partition coefficient (Wildman–Crippen LogP) is 1.60. The van der Waals surface area contributed by atoms with Crippen molar-refractivity contribution in [1.82, 2.24) is 5.32 Å². The lowest BCUT2D eigenvalue weighted by Gasteiger charge is -2.14. The molecule has 0 aliphatic carbocycles. The summed E-state index contributed by atoms with van der Waals surface area (Å²) < 4.78 is 36.1. The molecule has 120 valence electrons. The summed E-state index contributed by atoms with van der Waals surface area (Å²) in [7, 11) is 1.50. The maximum Gasteiger partial charge on any atom is 0.277 e. The minimum Gasteiger partial charge on any atom is -0.493 e. The van der Waals surface area contributed by atoms with Gasteiger partial charge < -0.3 is 20.5 Å². The summed E-state index contributed by atoms with van der Waals surface area (Å²) in [5.41, 5.74) is 4.86. The van der Waals surface area contributed by atoms with Crippen molar-refractivity contribution >= 4 is 18.3 Å². The summed E-state index contributed by atoms with van der Waals surface area (Å²) in [6.45, 7) is -1.50. The van der Waals surface area contributed by atoms with E-state index in [0.717, 1.165) is 0 Å². The molecule has 0 saturated carbocycles. The monoisotopic (exact) mass is 324 g/mol. The number of halogens is 3. The highest BCUT2D eigenvalue weighted by atomic mass is 35.5. The first-order chi connectivity index (χ1) is 9.48. The summed E-state index contributed by atoms with van der Waals surface area (Å²) in [5, 5.41) is 2.11. The molecule has 0 unspecified atom stereocenters. The van der Waals surface area contributed by atoms with Crippen LogP contribution in [0.2, 0.25) is 0 Å². The maximum atomic E-state index is 12.8. The van der Waals surface area contributed by atoms with Gasteiger partial charge in [0.1, 0.15) is 0 Å². The zero-order valence-corrected chi connectivity index (χ0v) is 12.4. The molecule has 0 radical (unpaired) electrons. The summed E-state index contributed by atoms with van der Waals surface area (Å²) >= 11 is 0. The molecule has 1 rings (SSSR count). The number of nitrogens with one attached hydrogen (secondary N) is 1. The maximum absolute atomic E-state index is 12.8. The minimum absolute atomic E-state index is 0. The van der Waals surface area contributed by atoms with E-state index in [9.17, 15) is 13.6 Å². The molecule has 0 spiro atoms. The standard InChI is InChI=1S/C13H18F2N2O3.ClH/c1-19-10-4-2-3-5-11(10)20-7-6-12(18)17-9-13(14,15)8-16;/h2-5H,6-9,16H2,1H3,(H,17,18);1H. The molecule has 8 heteroatoms. The largest absolute Gasteiger partial charge is 0.493 e. The van der Waals surface area contributed by atoms with Crippen molar-refractivity contribution in [1.29, 1.82) is 0 Å². The molecule has 1 amide bonds. The van der Waals surface area contributed by atoms with Gasteiger partial charge >= 0.3 is 0 Å². The van der Waals surface area contributed by atoms with Gasteiger partial charge in [-0.05, 0) is 12.1 Å². The number of nitrogens with two attached hydrogens (primary N) is 1. The molecule has 3 N–H and O–H groups in total. The van der Waals surface area contributed by atoms with Crippen molar-refractivity contribution in [2.45, 2.75) is 12.3 Å². The van der Waals surface area contributed by atoms with E-state index in [2.05, 4.69) is 5.32 Å². The van der Waals surface area contributed by atoms with E-state index >= 15 is 0 Å². The van der Waals surface area contributed by atoms with Crippen LogP contribution >= 0.6 is 12.4 Å². The molecular formula is C13H19ClF2N2O3. The van der Waals surface area contributed by atoms with Crippen LogP contribution in [0, 0.1) is 0 Å². The van der Waals surface area contributed by atoms with Gasteiger partial charge in [-0.25, -0.2) is 8.78 Å². The Labute approximate surface area is 128 Å². The molecule has 0 bridgehead atoms. The van der Waals surface area contributed by atoms with Crippen LogP contribution < -0.4 is 20.5 Å². The van der Waals surface area contributed by atoms with E-state index < -0.39 is 24.9 Å². The van der Waals surface area contributed by atoms with E-state index in [-0.39, 0.29) is 25.4 Å². The van der Waals surface area contributed by atoms with E-state index in [1.165, 1.54) is 7.11 Å². The Kier molecular flexibility index (Phi) is 8.64. The van der Waals surface area contributed by atoms with Gasteiger partial charge in [0.25, 0.3) is 5.92 Å². The number of methoxy groups -OCH3 is 1. The van der Waals surface area contributed by atoms with Gasteiger partial charge in [0, 0.05) is 0 Å². The van der Waals surface area contributed by atoms with Gasteiger partial charge in [0.05, 0.1) is 33.2 Å². The zero-order valence-electron chi connectivity index (χ0n) is 11.6. The molecule has 5 nitrogen and oxygen atoms in total. The lowest BCUT2D eigenvalue weighted by molar-refractivity contribution is -0.123. The fourth-order valence-corrected chi connectivity index (χ4v) is 1.38. The third kappa shape index (κ3) is 7.10. The van der Waals surface area contributed by atoms with Crippen molar-refractivity contribution in [3.63, 3.8) is 0 Å². The van der Waals surface area contributed by atoms with Gasteiger partial charge in [0.15, 0.2) is 11.5 Å². The highest BCUT2D eigenvalue weighted by Gasteiger charge is 2.26. The SMILES string of the molecule is COc1ccccc1OCCC(=O)NCC(F)(F)CN.Cl. The Bertz CT molecular complexity index is 447. The predicted molar refractivity (Wildman–Crippen MR) is 77.4 cm³/mol. The van der Waals surface area contributed by atoms with Crippen LogP contribution in [0.3, 0.4) is 0 Å². The van der Waals surface area contributed by atoms with Crippen molar-refractivity contribution in [3.05, 3.63) is 24.3 Å². The summed E-state index contributed by atoms with van der Waals surface area (Å²) in [6, 6.07) is 6.96. The third-order valence-electron chi connectivity index (χ3n) is 2.50. The number of ether oxygens (including phenoxy) is 2. The average molecular weight is 325 g/mol. The molecule has 0 fully saturated rings. The fourth-order valence-electron chi connectivity index (χ4n) is 1.38. The number of amides is 1. The number of rotatable bonds is 8. The number of carbonyl (C=O) groups excluding carboxylic acids is 1. The molecule has 0 saturated heterocycles. The fraction of sp³-hybridized carbons (Fsp3) is 0.462. The second-order valence-electron chi connectivity index (χ2n) is 4.09. The van der Waals surface area contributed by atoms with E-state index in [1.807, 2.05) is 0 Å². The topological polar surface area (TPSA) is 73.6 Å². The second-order valence-corrected chi connectivity index (χ2v) is 4.09. The summed E-state index contributed by atoms with van der Waals surface area (Å²) in [4.78, 5) is 11.4. The number of para-hydroxylation sites is 2. The van der Waals surface area contributed by atoms with Crippen LogP contribution in [0.4, 0.5) is 8.78 Å². The Hall–Kier alpha value is -1.60. The van der Waals surface area contributed by atoms with Crippen LogP contribution in [-0.4, -0.2) is 38.6 Å². The summed E-state index contributed by atoms with van der Waals surface area (Å²) in [5.74, 6) is -2.57. The quantitative estimate of drug-likeness (QED) is 0.761. The van der Waals surface area contributed by atoms with Crippen molar-refractivity contribution in [3.8, 4) is 11.5 Å². The lowest BCUT2D eigenvalue weighted by atomic mass is 10.3. The van der Waals surface area contributed by atoms with Crippen LogP contribution in [-0.2, 0) is 4.79 Å². The first kappa shape index (κ1) is 19.4. The molecule has 21 heavy (non-hydrogen) atoms. The van der Waals surface area contributed by atoms with Gasteiger partial charge in [-0.2, -0.15) is 0 Å². The number of hydrogen-bond acceptors (Lipinski definition) is 4.